The van der Waals surface area contributed by atoms with Gasteiger partial charge in [0.1, 0.15) is 5.82 Å². The Kier molecular flexibility index (Phi) is 3.88. The van der Waals surface area contributed by atoms with Gasteiger partial charge in [-0.2, -0.15) is 0 Å². The largest absolute Gasteiger partial charge is 0.260 e. The summed E-state index contributed by atoms with van der Waals surface area (Å²) in [6, 6.07) is 10.5. The van der Waals surface area contributed by atoms with Gasteiger partial charge in [-0.05, 0) is 29.7 Å². The van der Waals surface area contributed by atoms with Crippen LogP contribution in [0.3, 0.4) is 0 Å². The Hall–Kier alpha value is -2.29. The highest BCUT2D eigenvalue weighted by atomic mass is 14.9. The van der Waals surface area contributed by atoms with Crippen LogP contribution in [0.2, 0.25) is 0 Å². The maximum atomic E-state index is 4.62. The van der Waals surface area contributed by atoms with Gasteiger partial charge in [-0.1, -0.05) is 39.8 Å². The molecule has 2 aromatic heterocycles. The maximum absolute atomic E-state index is 4.62. The van der Waals surface area contributed by atoms with E-state index in [4.69, 9.17) is 0 Å². The molecule has 3 nitrogen and oxygen atoms in total. The smallest absolute Gasteiger partial charge is 0.131 e. The van der Waals surface area contributed by atoms with E-state index in [1.165, 1.54) is 0 Å². The van der Waals surface area contributed by atoms with Crippen LogP contribution in [0.4, 0.5) is 0 Å². The molecule has 0 unspecified atom stereocenters. The Bertz CT molecular complexity index is 789. The molecular formula is C19H21N3. The quantitative estimate of drug-likeness (QED) is 0.686. The second kappa shape index (κ2) is 5.84. The van der Waals surface area contributed by atoms with Crippen LogP contribution in [0.5, 0.6) is 0 Å². The third-order valence-electron chi connectivity index (χ3n) is 3.83. The van der Waals surface area contributed by atoms with Crippen LogP contribution in [0, 0.1) is 0 Å². The predicted octanol–water partition coefficient (Wildman–Crippen LogP) is 4.94. The Balaban J connectivity index is 1.99. The first-order valence-corrected chi connectivity index (χ1v) is 7.77. The molecule has 0 fully saturated rings. The highest BCUT2D eigenvalue weighted by Crippen LogP contribution is 2.24. The summed E-state index contributed by atoms with van der Waals surface area (Å²) in [5.74, 6) is 1.69. The van der Waals surface area contributed by atoms with Crippen LogP contribution < -0.4 is 0 Å². The van der Waals surface area contributed by atoms with E-state index >= 15 is 0 Å². The molecule has 0 spiro atoms. The van der Waals surface area contributed by atoms with Crippen molar-refractivity contribution in [2.24, 2.45) is 0 Å². The molecule has 3 heteroatoms. The molecule has 1 aromatic carbocycles. The van der Waals surface area contributed by atoms with Gasteiger partial charge in [0.15, 0.2) is 0 Å². The molecule has 0 saturated carbocycles. The summed E-state index contributed by atoms with van der Waals surface area (Å²) in [5, 5.41) is 1.06. The molecule has 22 heavy (non-hydrogen) atoms. The molecule has 0 aliphatic heterocycles. The highest BCUT2D eigenvalue weighted by Gasteiger charge is 2.07. The molecule has 0 amide bonds. The average molecular weight is 291 g/mol. The first kappa shape index (κ1) is 14.6. The maximum Gasteiger partial charge on any atom is 0.131 e. The molecular weight excluding hydrogens is 270 g/mol. The van der Waals surface area contributed by atoms with E-state index < -0.39 is 0 Å². The number of pyridine rings is 1. The number of aromatic nitrogens is 3. The summed E-state index contributed by atoms with van der Waals surface area (Å²) in [7, 11) is 0. The van der Waals surface area contributed by atoms with Gasteiger partial charge in [-0.15, -0.1) is 0 Å². The number of nitrogens with zero attached hydrogens (tertiary/aromatic N) is 3. The summed E-state index contributed by atoms with van der Waals surface area (Å²) in [5.41, 5.74) is 4.39. The van der Waals surface area contributed by atoms with E-state index in [1.54, 1.807) is 0 Å². The van der Waals surface area contributed by atoms with Gasteiger partial charge in [-0.3, -0.25) is 4.98 Å². The molecule has 0 radical (unpaired) electrons. The molecule has 0 bridgehead atoms. The third kappa shape index (κ3) is 2.84. The standard InChI is InChI=1S/C19H21N3/c1-12(2)17-7-6-15(10-20-17)14-5-8-18-16(9-14)11-21-19(22-18)13(3)4/h5-13H,1-4H3. The van der Waals surface area contributed by atoms with Crippen LogP contribution in [-0.4, -0.2) is 15.0 Å². The summed E-state index contributed by atoms with van der Waals surface area (Å²) in [6.07, 6.45) is 3.86. The minimum absolute atomic E-state index is 0.344. The van der Waals surface area contributed by atoms with Crippen molar-refractivity contribution in [3.8, 4) is 11.1 Å². The van der Waals surface area contributed by atoms with E-state index in [0.29, 0.717) is 11.8 Å². The lowest BCUT2D eigenvalue weighted by Gasteiger charge is -2.08. The molecule has 3 rings (SSSR count). The first-order chi connectivity index (χ1) is 10.5. The number of hydrogen-bond donors (Lipinski definition) is 0. The fourth-order valence-corrected chi connectivity index (χ4v) is 2.42. The summed E-state index contributed by atoms with van der Waals surface area (Å²) in [6.45, 7) is 8.53. The van der Waals surface area contributed by atoms with Gasteiger partial charge in [0.2, 0.25) is 0 Å². The van der Waals surface area contributed by atoms with Gasteiger partial charge in [0.05, 0.1) is 5.52 Å². The molecule has 0 aliphatic rings. The summed E-state index contributed by atoms with van der Waals surface area (Å²) >= 11 is 0. The lowest BCUT2D eigenvalue weighted by molar-refractivity contribution is 0.783. The topological polar surface area (TPSA) is 38.7 Å². The lowest BCUT2D eigenvalue weighted by atomic mass is 10.0. The van der Waals surface area contributed by atoms with E-state index in [1.807, 2.05) is 12.4 Å². The number of benzene rings is 1. The average Bonchev–Trinajstić information content (AvgIpc) is 2.54. The second-order valence-electron chi connectivity index (χ2n) is 6.28. The predicted molar refractivity (Wildman–Crippen MR) is 90.9 cm³/mol. The monoisotopic (exact) mass is 291 g/mol. The SMILES string of the molecule is CC(C)c1ccc(-c2ccc3nc(C(C)C)ncc3c2)cn1. The van der Waals surface area contributed by atoms with Crippen LogP contribution in [-0.2, 0) is 0 Å². The van der Waals surface area contributed by atoms with E-state index in [2.05, 4.69) is 73.0 Å². The number of fused-ring (bicyclic) bond motifs is 1. The molecule has 2 heterocycles. The first-order valence-electron chi connectivity index (χ1n) is 7.77. The van der Waals surface area contributed by atoms with Crippen molar-refractivity contribution >= 4 is 10.9 Å². The molecule has 0 aliphatic carbocycles. The lowest BCUT2D eigenvalue weighted by Crippen LogP contribution is -1.97. The molecule has 3 aromatic rings. The van der Waals surface area contributed by atoms with E-state index in [0.717, 1.165) is 33.5 Å². The van der Waals surface area contributed by atoms with Crippen molar-refractivity contribution in [2.75, 3.05) is 0 Å². The zero-order chi connectivity index (χ0) is 15.7. The Labute approximate surface area is 131 Å². The number of hydrogen-bond acceptors (Lipinski definition) is 3. The van der Waals surface area contributed by atoms with Crippen LogP contribution in [0.15, 0.2) is 42.7 Å². The molecule has 0 N–H and O–H groups in total. The molecule has 112 valence electrons. The van der Waals surface area contributed by atoms with E-state index in [9.17, 15) is 0 Å². The van der Waals surface area contributed by atoms with Gasteiger partial charge in [0.25, 0.3) is 0 Å². The second-order valence-corrected chi connectivity index (χ2v) is 6.28. The minimum atomic E-state index is 0.344. The Morgan fingerprint density at radius 3 is 2.18 bits per heavy atom. The van der Waals surface area contributed by atoms with Gasteiger partial charge < -0.3 is 0 Å². The van der Waals surface area contributed by atoms with Gasteiger partial charge in [0, 0.05) is 35.0 Å². The van der Waals surface area contributed by atoms with E-state index in [-0.39, 0.29) is 0 Å². The van der Waals surface area contributed by atoms with Crippen LogP contribution in [0.25, 0.3) is 22.0 Å². The van der Waals surface area contributed by atoms with Crippen molar-refractivity contribution in [1.29, 1.82) is 0 Å². The number of rotatable bonds is 3. The summed E-state index contributed by atoms with van der Waals surface area (Å²) < 4.78 is 0. The normalized spacial score (nSPS) is 11.5. The van der Waals surface area contributed by atoms with Crippen molar-refractivity contribution in [3.05, 3.63) is 54.2 Å². The molecule has 0 saturated heterocycles. The third-order valence-corrected chi connectivity index (χ3v) is 3.83. The molecule has 0 atom stereocenters. The fraction of sp³-hybridized carbons (Fsp3) is 0.316. The summed E-state index contributed by atoms with van der Waals surface area (Å²) in [4.78, 5) is 13.6. The van der Waals surface area contributed by atoms with Crippen molar-refractivity contribution < 1.29 is 0 Å². The van der Waals surface area contributed by atoms with Gasteiger partial charge in [-0.25, -0.2) is 9.97 Å². The van der Waals surface area contributed by atoms with Crippen molar-refractivity contribution in [2.45, 2.75) is 39.5 Å². The van der Waals surface area contributed by atoms with Crippen molar-refractivity contribution in [3.63, 3.8) is 0 Å². The fourth-order valence-electron chi connectivity index (χ4n) is 2.42. The Morgan fingerprint density at radius 2 is 1.55 bits per heavy atom. The zero-order valence-corrected chi connectivity index (χ0v) is 13.5. The minimum Gasteiger partial charge on any atom is -0.260 e. The van der Waals surface area contributed by atoms with Crippen LogP contribution >= 0.6 is 0 Å². The van der Waals surface area contributed by atoms with Crippen molar-refractivity contribution in [1.82, 2.24) is 15.0 Å². The zero-order valence-electron chi connectivity index (χ0n) is 13.5. The van der Waals surface area contributed by atoms with Gasteiger partial charge >= 0.3 is 0 Å². The Morgan fingerprint density at radius 1 is 0.773 bits per heavy atom. The van der Waals surface area contributed by atoms with Crippen LogP contribution in [0.1, 0.15) is 51.0 Å². The highest BCUT2D eigenvalue weighted by molar-refractivity contribution is 5.83.